The summed E-state index contributed by atoms with van der Waals surface area (Å²) in [7, 11) is 1.66. The molecule has 0 radical (unpaired) electrons. The van der Waals surface area contributed by atoms with Crippen molar-refractivity contribution in [2.24, 2.45) is 11.1 Å². The molecule has 0 spiro atoms. The first kappa shape index (κ1) is 12.5. The molecule has 2 nitrogen and oxygen atoms in total. The Balaban J connectivity index is 3.02. The van der Waals surface area contributed by atoms with Gasteiger partial charge in [0, 0.05) is 6.04 Å². The van der Waals surface area contributed by atoms with Crippen LogP contribution >= 0.6 is 15.9 Å². The van der Waals surface area contributed by atoms with E-state index < -0.39 is 0 Å². The summed E-state index contributed by atoms with van der Waals surface area (Å²) >= 11 is 3.46. The molecule has 0 saturated carbocycles. The van der Waals surface area contributed by atoms with Gasteiger partial charge in [0.15, 0.2) is 0 Å². The first-order valence-electron chi connectivity index (χ1n) is 4.95. The predicted molar refractivity (Wildman–Crippen MR) is 67.1 cm³/mol. The van der Waals surface area contributed by atoms with Crippen molar-refractivity contribution in [2.75, 3.05) is 7.11 Å². The molecule has 2 N–H and O–H groups in total. The molecule has 84 valence electrons. The van der Waals surface area contributed by atoms with E-state index in [1.165, 1.54) is 0 Å². The normalized spacial score (nSPS) is 13.7. The van der Waals surface area contributed by atoms with Crippen LogP contribution in [0.1, 0.15) is 32.4 Å². The maximum absolute atomic E-state index is 6.17. The molecule has 1 aromatic carbocycles. The minimum absolute atomic E-state index is 0.0275. The Morgan fingerprint density at radius 3 is 2.33 bits per heavy atom. The number of hydrogen-bond donors (Lipinski definition) is 1. The molecule has 0 saturated heterocycles. The lowest BCUT2D eigenvalue weighted by molar-refractivity contribution is 0.326. The minimum Gasteiger partial charge on any atom is -0.496 e. The summed E-state index contributed by atoms with van der Waals surface area (Å²) < 4.78 is 6.12. The average Bonchev–Trinajstić information content (AvgIpc) is 2.15. The van der Waals surface area contributed by atoms with Crippen LogP contribution in [0.15, 0.2) is 22.7 Å². The Bertz CT molecular complexity index is 344. The highest BCUT2D eigenvalue weighted by molar-refractivity contribution is 9.10. The third-order valence-corrected chi connectivity index (χ3v) is 3.09. The van der Waals surface area contributed by atoms with Crippen molar-refractivity contribution in [3.8, 4) is 5.75 Å². The van der Waals surface area contributed by atoms with Crippen molar-refractivity contribution in [2.45, 2.75) is 26.8 Å². The molecule has 0 heterocycles. The van der Waals surface area contributed by atoms with Gasteiger partial charge in [0.1, 0.15) is 5.75 Å². The summed E-state index contributed by atoms with van der Waals surface area (Å²) in [6, 6.07) is 6.00. The van der Waals surface area contributed by atoms with E-state index in [9.17, 15) is 0 Å². The fourth-order valence-electron chi connectivity index (χ4n) is 1.38. The molecule has 0 aliphatic rings. The van der Waals surface area contributed by atoms with E-state index >= 15 is 0 Å². The molecule has 0 aromatic heterocycles. The molecule has 15 heavy (non-hydrogen) atoms. The summed E-state index contributed by atoms with van der Waals surface area (Å²) in [6.45, 7) is 6.40. The second kappa shape index (κ2) is 4.54. The van der Waals surface area contributed by atoms with Crippen LogP contribution in [0.25, 0.3) is 0 Å². The van der Waals surface area contributed by atoms with E-state index in [1.54, 1.807) is 7.11 Å². The zero-order valence-corrected chi connectivity index (χ0v) is 11.3. The Kier molecular flexibility index (Phi) is 3.79. The van der Waals surface area contributed by atoms with Crippen molar-refractivity contribution >= 4 is 15.9 Å². The smallest absolute Gasteiger partial charge is 0.133 e. The van der Waals surface area contributed by atoms with E-state index in [2.05, 4.69) is 36.7 Å². The molecular formula is C12H18BrNO. The molecular weight excluding hydrogens is 254 g/mol. The van der Waals surface area contributed by atoms with Gasteiger partial charge in [-0.15, -0.1) is 0 Å². The fraction of sp³-hybridized carbons (Fsp3) is 0.500. The van der Waals surface area contributed by atoms with Gasteiger partial charge in [-0.2, -0.15) is 0 Å². The van der Waals surface area contributed by atoms with Crippen molar-refractivity contribution in [3.63, 3.8) is 0 Å². The van der Waals surface area contributed by atoms with Gasteiger partial charge in [0.2, 0.25) is 0 Å². The number of ether oxygens (including phenoxy) is 1. The Morgan fingerprint density at radius 1 is 1.33 bits per heavy atom. The number of benzene rings is 1. The van der Waals surface area contributed by atoms with Crippen LogP contribution in [0.2, 0.25) is 0 Å². The van der Waals surface area contributed by atoms with Gasteiger partial charge < -0.3 is 10.5 Å². The van der Waals surface area contributed by atoms with E-state index in [1.807, 2.05) is 18.2 Å². The predicted octanol–water partition coefficient (Wildman–Crippen LogP) is 3.50. The van der Waals surface area contributed by atoms with Crippen LogP contribution in [0.4, 0.5) is 0 Å². The number of methoxy groups -OCH3 is 1. The summed E-state index contributed by atoms with van der Waals surface area (Å²) in [5.74, 6) is 0.833. The Labute approximate surface area is 99.9 Å². The van der Waals surface area contributed by atoms with Crippen molar-refractivity contribution in [1.82, 2.24) is 0 Å². The zero-order chi connectivity index (χ0) is 11.6. The molecule has 3 heteroatoms. The molecule has 0 amide bonds. The molecule has 0 fully saturated rings. The highest BCUT2D eigenvalue weighted by Gasteiger charge is 2.22. The summed E-state index contributed by atoms with van der Waals surface area (Å²) in [5, 5.41) is 0. The number of rotatable bonds is 2. The van der Waals surface area contributed by atoms with Gasteiger partial charge in [-0.05, 0) is 39.0 Å². The first-order chi connectivity index (χ1) is 6.86. The second-order valence-corrected chi connectivity index (χ2v) is 5.59. The van der Waals surface area contributed by atoms with Crippen LogP contribution in [0, 0.1) is 5.41 Å². The number of halogens is 1. The molecule has 0 unspecified atom stereocenters. The van der Waals surface area contributed by atoms with Gasteiger partial charge in [0.25, 0.3) is 0 Å². The molecule has 1 rings (SSSR count). The maximum Gasteiger partial charge on any atom is 0.133 e. The standard InChI is InChI=1S/C12H18BrNO/c1-12(2,3)11(14)8-5-6-10(15-4)9(13)7-8/h5-7,11H,14H2,1-4H3/t11-/m1/s1. The highest BCUT2D eigenvalue weighted by atomic mass is 79.9. The van der Waals surface area contributed by atoms with Crippen LogP contribution in [-0.4, -0.2) is 7.11 Å². The van der Waals surface area contributed by atoms with Crippen LogP contribution < -0.4 is 10.5 Å². The molecule has 1 aromatic rings. The molecule has 0 bridgehead atoms. The maximum atomic E-state index is 6.17. The monoisotopic (exact) mass is 271 g/mol. The molecule has 0 aliphatic heterocycles. The number of nitrogens with two attached hydrogens (primary N) is 1. The minimum atomic E-state index is 0.0275. The van der Waals surface area contributed by atoms with Gasteiger partial charge in [0.05, 0.1) is 11.6 Å². The van der Waals surface area contributed by atoms with Crippen molar-refractivity contribution in [3.05, 3.63) is 28.2 Å². The SMILES string of the molecule is COc1ccc([C@@H](N)C(C)(C)C)cc1Br. The van der Waals surface area contributed by atoms with Gasteiger partial charge in [-0.3, -0.25) is 0 Å². The lowest BCUT2D eigenvalue weighted by atomic mass is 9.83. The van der Waals surface area contributed by atoms with Gasteiger partial charge in [-0.25, -0.2) is 0 Å². The first-order valence-corrected chi connectivity index (χ1v) is 5.74. The van der Waals surface area contributed by atoms with Crippen molar-refractivity contribution < 1.29 is 4.74 Å². The zero-order valence-electron chi connectivity index (χ0n) is 9.67. The quantitative estimate of drug-likeness (QED) is 0.894. The molecule has 0 aliphatic carbocycles. The van der Waals surface area contributed by atoms with E-state index in [0.717, 1.165) is 15.8 Å². The lowest BCUT2D eigenvalue weighted by Crippen LogP contribution is -2.26. The average molecular weight is 272 g/mol. The van der Waals surface area contributed by atoms with Gasteiger partial charge >= 0.3 is 0 Å². The van der Waals surface area contributed by atoms with E-state index in [0.29, 0.717) is 0 Å². The molecule has 1 atom stereocenters. The fourth-order valence-corrected chi connectivity index (χ4v) is 1.93. The third kappa shape index (κ3) is 2.95. The second-order valence-electron chi connectivity index (χ2n) is 4.74. The number of hydrogen-bond acceptors (Lipinski definition) is 2. The summed E-state index contributed by atoms with van der Waals surface area (Å²) in [4.78, 5) is 0. The van der Waals surface area contributed by atoms with Gasteiger partial charge in [-0.1, -0.05) is 26.8 Å². The third-order valence-electron chi connectivity index (χ3n) is 2.47. The van der Waals surface area contributed by atoms with Crippen LogP contribution in [0.3, 0.4) is 0 Å². The lowest BCUT2D eigenvalue weighted by Gasteiger charge is -2.27. The van der Waals surface area contributed by atoms with Crippen LogP contribution in [-0.2, 0) is 0 Å². The summed E-state index contributed by atoms with van der Waals surface area (Å²) in [5.41, 5.74) is 7.35. The largest absolute Gasteiger partial charge is 0.496 e. The Hall–Kier alpha value is -0.540. The van der Waals surface area contributed by atoms with Crippen LogP contribution in [0.5, 0.6) is 5.75 Å². The van der Waals surface area contributed by atoms with E-state index in [-0.39, 0.29) is 11.5 Å². The Morgan fingerprint density at radius 2 is 1.93 bits per heavy atom. The topological polar surface area (TPSA) is 35.2 Å². The van der Waals surface area contributed by atoms with E-state index in [4.69, 9.17) is 10.5 Å². The highest BCUT2D eigenvalue weighted by Crippen LogP contribution is 2.34. The van der Waals surface area contributed by atoms with Crippen molar-refractivity contribution in [1.29, 1.82) is 0 Å². The summed E-state index contributed by atoms with van der Waals surface area (Å²) in [6.07, 6.45) is 0.